The number of benzene rings is 1. The molecule has 5 heteroatoms. The Labute approximate surface area is 118 Å². The Bertz CT molecular complexity index is 584. The Balaban J connectivity index is 1.98. The highest BCUT2D eigenvalue weighted by atomic mass is 16.3. The fraction of sp³-hybridized carbons (Fsp3) is 0.467. The molecule has 0 unspecified atom stereocenters. The Morgan fingerprint density at radius 3 is 2.45 bits per heavy atom. The van der Waals surface area contributed by atoms with Gasteiger partial charge in [0, 0.05) is 25.7 Å². The molecule has 0 radical (unpaired) electrons. The van der Waals surface area contributed by atoms with Crippen LogP contribution in [0, 0.1) is 0 Å². The Kier molecular flexibility index (Phi) is 3.44. The first kappa shape index (κ1) is 13.1. The standard InChI is InChI=1S/C15H20N4O/c1-18(2)12-6-8-13(9-7-12)19-15(11-4-3-5-11)14(10-20)16-17-19/h6-9,11,20H,3-5,10H2,1-2H3. The molecule has 3 rings (SSSR count). The number of hydrogen-bond acceptors (Lipinski definition) is 4. The quantitative estimate of drug-likeness (QED) is 0.926. The zero-order chi connectivity index (χ0) is 14.1. The molecule has 0 atom stereocenters. The molecule has 1 heterocycles. The number of hydrogen-bond donors (Lipinski definition) is 1. The van der Waals surface area contributed by atoms with E-state index >= 15 is 0 Å². The van der Waals surface area contributed by atoms with Gasteiger partial charge in [-0.05, 0) is 37.1 Å². The van der Waals surface area contributed by atoms with Crippen molar-refractivity contribution in [2.24, 2.45) is 0 Å². The Hall–Kier alpha value is -1.88. The van der Waals surface area contributed by atoms with E-state index in [1.807, 2.05) is 30.9 Å². The smallest absolute Gasteiger partial charge is 0.112 e. The second kappa shape index (κ2) is 5.25. The molecule has 2 aromatic rings. The molecule has 106 valence electrons. The minimum atomic E-state index is -0.0401. The molecule has 1 fully saturated rings. The molecule has 0 spiro atoms. The fourth-order valence-corrected chi connectivity index (χ4v) is 2.61. The molecule has 1 aliphatic rings. The first-order valence-electron chi connectivity index (χ1n) is 7.04. The zero-order valence-corrected chi connectivity index (χ0v) is 12.0. The molecule has 5 nitrogen and oxygen atoms in total. The van der Waals surface area contributed by atoms with Crippen LogP contribution in [0.15, 0.2) is 24.3 Å². The molecule has 20 heavy (non-hydrogen) atoms. The van der Waals surface area contributed by atoms with Crippen LogP contribution in [-0.4, -0.2) is 34.2 Å². The van der Waals surface area contributed by atoms with E-state index in [4.69, 9.17) is 0 Å². The normalized spacial score (nSPS) is 15.2. The predicted molar refractivity (Wildman–Crippen MR) is 78.2 cm³/mol. The highest BCUT2D eigenvalue weighted by Crippen LogP contribution is 2.38. The van der Waals surface area contributed by atoms with Gasteiger partial charge in [-0.3, -0.25) is 0 Å². The van der Waals surface area contributed by atoms with E-state index in [-0.39, 0.29) is 6.61 Å². The third-order valence-corrected chi connectivity index (χ3v) is 4.03. The second-order valence-corrected chi connectivity index (χ2v) is 5.53. The molecule has 0 bridgehead atoms. The summed E-state index contributed by atoms with van der Waals surface area (Å²) in [7, 11) is 4.04. The Morgan fingerprint density at radius 2 is 1.95 bits per heavy atom. The van der Waals surface area contributed by atoms with E-state index in [1.165, 1.54) is 6.42 Å². The van der Waals surface area contributed by atoms with Crippen molar-refractivity contribution in [2.75, 3.05) is 19.0 Å². The highest BCUT2D eigenvalue weighted by molar-refractivity contribution is 5.50. The second-order valence-electron chi connectivity index (χ2n) is 5.53. The molecule has 0 amide bonds. The van der Waals surface area contributed by atoms with Crippen molar-refractivity contribution in [3.05, 3.63) is 35.7 Å². The number of aliphatic hydroxyl groups is 1. The summed E-state index contributed by atoms with van der Waals surface area (Å²) in [6, 6.07) is 8.24. The SMILES string of the molecule is CN(C)c1ccc(-n2nnc(CO)c2C2CCC2)cc1. The molecule has 0 aliphatic heterocycles. The number of anilines is 1. The van der Waals surface area contributed by atoms with E-state index in [0.717, 1.165) is 29.9 Å². The minimum Gasteiger partial charge on any atom is -0.390 e. The third-order valence-electron chi connectivity index (χ3n) is 4.03. The van der Waals surface area contributed by atoms with Crippen LogP contribution in [0.5, 0.6) is 0 Å². The summed E-state index contributed by atoms with van der Waals surface area (Å²) in [6.45, 7) is -0.0401. The summed E-state index contributed by atoms with van der Waals surface area (Å²) in [5.74, 6) is 0.487. The number of aromatic nitrogens is 3. The number of aliphatic hydroxyl groups excluding tert-OH is 1. The molecule has 0 saturated heterocycles. The van der Waals surface area contributed by atoms with Gasteiger partial charge in [-0.15, -0.1) is 5.10 Å². The lowest BCUT2D eigenvalue weighted by Crippen LogP contribution is -2.16. The van der Waals surface area contributed by atoms with Crippen LogP contribution in [0.25, 0.3) is 5.69 Å². The maximum absolute atomic E-state index is 9.44. The average Bonchev–Trinajstić information content (AvgIpc) is 2.80. The van der Waals surface area contributed by atoms with Gasteiger partial charge in [0.25, 0.3) is 0 Å². The monoisotopic (exact) mass is 272 g/mol. The maximum atomic E-state index is 9.44. The van der Waals surface area contributed by atoms with Gasteiger partial charge in [0.2, 0.25) is 0 Å². The summed E-state index contributed by atoms with van der Waals surface area (Å²) in [4.78, 5) is 2.07. The van der Waals surface area contributed by atoms with E-state index in [2.05, 4.69) is 27.3 Å². The molecule has 1 saturated carbocycles. The van der Waals surface area contributed by atoms with Gasteiger partial charge in [0.15, 0.2) is 0 Å². The van der Waals surface area contributed by atoms with Gasteiger partial charge in [-0.25, -0.2) is 4.68 Å². The van der Waals surface area contributed by atoms with Crippen molar-refractivity contribution in [3.8, 4) is 5.69 Å². The van der Waals surface area contributed by atoms with Crippen molar-refractivity contribution < 1.29 is 5.11 Å². The first-order chi connectivity index (χ1) is 9.70. The van der Waals surface area contributed by atoms with Crippen molar-refractivity contribution in [3.63, 3.8) is 0 Å². The summed E-state index contributed by atoms with van der Waals surface area (Å²) in [5.41, 5.74) is 3.95. The minimum absolute atomic E-state index is 0.0401. The molecular weight excluding hydrogens is 252 g/mol. The topological polar surface area (TPSA) is 54.2 Å². The largest absolute Gasteiger partial charge is 0.390 e. The van der Waals surface area contributed by atoms with Crippen LogP contribution >= 0.6 is 0 Å². The van der Waals surface area contributed by atoms with E-state index in [9.17, 15) is 5.11 Å². The first-order valence-corrected chi connectivity index (χ1v) is 7.04. The lowest BCUT2D eigenvalue weighted by Gasteiger charge is -2.26. The van der Waals surface area contributed by atoms with E-state index in [0.29, 0.717) is 11.6 Å². The van der Waals surface area contributed by atoms with Crippen LogP contribution in [-0.2, 0) is 6.61 Å². The average molecular weight is 272 g/mol. The number of rotatable bonds is 4. The van der Waals surface area contributed by atoms with E-state index < -0.39 is 0 Å². The Morgan fingerprint density at radius 1 is 1.25 bits per heavy atom. The lowest BCUT2D eigenvalue weighted by atomic mass is 9.82. The van der Waals surface area contributed by atoms with Crippen molar-refractivity contribution in [2.45, 2.75) is 31.8 Å². The van der Waals surface area contributed by atoms with Gasteiger partial charge in [0.05, 0.1) is 18.0 Å². The number of nitrogens with zero attached hydrogens (tertiary/aromatic N) is 4. The van der Waals surface area contributed by atoms with Crippen LogP contribution in [0.2, 0.25) is 0 Å². The van der Waals surface area contributed by atoms with Gasteiger partial charge < -0.3 is 10.0 Å². The van der Waals surface area contributed by atoms with Crippen LogP contribution in [0.3, 0.4) is 0 Å². The highest BCUT2D eigenvalue weighted by Gasteiger charge is 2.27. The molecular formula is C15H20N4O. The lowest BCUT2D eigenvalue weighted by molar-refractivity contribution is 0.272. The fourth-order valence-electron chi connectivity index (χ4n) is 2.61. The van der Waals surface area contributed by atoms with Crippen molar-refractivity contribution in [1.29, 1.82) is 0 Å². The predicted octanol–water partition coefficient (Wildman–Crippen LogP) is 2.09. The summed E-state index contributed by atoms with van der Waals surface area (Å²) < 4.78 is 1.88. The molecule has 1 aromatic carbocycles. The van der Waals surface area contributed by atoms with Crippen molar-refractivity contribution >= 4 is 5.69 Å². The van der Waals surface area contributed by atoms with Gasteiger partial charge in [-0.1, -0.05) is 11.6 Å². The zero-order valence-electron chi connectivity index (χ0n) is 12.0. The molecule has 1 N–H and O–H groups in total. The van der Waals surface area contributed by atoms with Gasteiger partial charge in [-0.2, -0.15) is 0 Å². The summed E-state index contributed by atoms with van der Waals surface area (Å²) in [5, 5.41) is 17.8. The van der Waals surface area contributed by atoms with Gasteiger partial charge >= 0.3 is 0 Å². The summed E-state index contributed by atoms with van der Waals surface area (Å²) >= 11 is 0. The third kappa shape index (κ3) is 2.18. The van der Waals surface area contributed by atoms with E-state index in [1.54, 1.807) is 0 Å². The van der Waals surface area contributed by atoms with Crippen LogP contribution in [0.1, 0.15) is 36.6 Å². The molecule has 1 aromatic heterocycles. The molecule has 1 aliphatic carbocycles. The maximum Gasteiger partial charge on any atom is 0.112 e. The van der Waals surface area contributed by atoms with Gasteiger partial charge in [0.1, 0.15) is 5.69 Å². The van der Waals surface area contributed by atoms with Crippen molar-refractivity contribution in [1.82, 2.24) is 15.0 Å². The van der Waals surface area contributed by atoms with Crippen LogP contribution < -0.4 is 4.90 Å². The van der Waals surface area contributed by atoms with Crippen LogP contribution in [0.4, 0.5) is 5.69 Å². The summed E-state index contributed by atoms with van der Waals surface area (Å²) in [6.07, 6.45) is 3.58.